The number of aryl methyl sites for hydroxylation is 1. The van der Waals surface area contributed by atoms with Gasteiger partial charge >= 0.3 is 0 Å². The van der Waals surface area contributed by atoms with Crippen molar-refractivity contribution in [1.82, 2.24) is 5.16 Å². The second-order valence-electron chi connectivity index (χ2n) is 5.46. The molecule has 0 spiro atoms. The van der Waals surface area contributed by atoms with E-state index in [-0.39, 0.29) is 0 Å². The third kappa shape index (κ3) is 2.44. The van der Waals surface area contributed by atoms with Crippen molar-refractivity contribution < 1.29 is 8.94 Å². The minimum atomic E-state index is 0.302. The number of anilines is 1. The fraction of sp³-hybridized carbons (Fsp3) is 0.235. The molecule has 3 aromatic rings. The third-order valence-corrected chi connectivity index (χ3v) is 3.56. The van der Waals surface area contributed by atoms with Gasteiger partial charge in [-0.15, -0.1) is 0 Å². The quantitative estimate of drug-likeness (QED) is 0.761. The summed E-state index contributed by atoms with van der Waals surface area (Å²) >= 11 is 0. The molecule has 0 bridgehead atoms. The maximum atomic E-state index is 5.94. The first-order valence-electron chi connectivity index (χ1n) is 6.98. The Labute approximate surface area is 123 Å². The first-order chi connectivity index (χ1) is 10.1. The van der Waals surface area contributed by atoms with Crippen LogP contribution in [0.3, 0.4) is 0 Å². The fourth-order valence-electron chi connectivity index (χ4n) is 2.35. The minimum absolute atomic E-state index is 0.302. The Kier molecular flexibility index (Phi) is 3.29. The van der Waals surface area contributed by atoms with Gasteiger partial charge in [0.05, 0.1) is 5.56 Å². The van der Waals surface area contributed by atoms with Crippen molar-refractivity contribution in [3.63, 3.8) is 0 Å². The summed E-state index contributed by atoms with van der Waals surface area (Å²) in [6.07, 6.45) is 0. The standard InChI is InChI=1S/C17H18N2O2/c1-10(2)12-5-7-13(8-6-12)15-16(19-21-17(15)18)14-9-4-11(3)20-14/h4-10H,18H2,1-3H3. The lowest BCUT2D eigenvalue weighted by Crippen LogP contribution is -1.90. The van der Waals surface area contributed by atoms with Crippen LogP contribution in [0.1, 0.15) is 31.1 Å². The average molecular weight is 282 g/mol. The summed E-state index contributed by atoms with van der Waals surface area (Å²) in [5.74, 6) is 2.28. The summed E-state index contributed by atoms with van der Waals surface area (Å²) in [6.45, 7) is 6.23. The summed E-state index contributed by atoms with van der Waals surface area (Å²) in [5, 5.41) is 4.04. The monoisotopic (exact) mass is 282 g/mol. The van der Waals surface area contributed by atoms with Gasteiger partial charge in [0.1, 0.15) is 5.76 Å². The Hall–Kier alpha value is -2.49. The highest BCUT2D eigenvalue weighted by Crippen LogP contribution is 2.37. The average Bonchev–Trinajstić information content (AvgIpc) is 3.05. The number of nitrogens with zero attached hydrogens (tertiary/aromatic N) is 1. The zero-order valence-corrected chi connectivity index (χ0v) is 12.4. The van der Waals surface area contributed by atoms with Gasteiger partial charge in [-0.25, -0.2) is 0 Å². The molecule has 0 saturated heterocycles. The molecule has 2 aromatic heterocycles. The molecule has 0 unspecified atom stereocenters. The summed E-state index contributed by atoms with van der Waals surface area (Å²) in [5.41, 5.74) is 9.61. The number of nitrogens with two attached hydrogens (primary N) is 1. The molecule has 0 aliphatic rings. The van der Waals surface area contributed by atoms with Crippen LogP contribution in [-0.4, -0.2) is 5.16 Å². The Balaban J connectivity index is 2.08. The predicted octanol–water partition coefficient (Wildman–Crippen LogP) is 4.62. The first-order valence-corrected chi connectivity index (χ1v) is 6.98. The largest absolute Gasteiger partial charge is 0.460 e. The number of nitrogen functional groups attached to an aromatic ring is 1. The highest BCUT2D eigenvalue weighted by Gasteiger charge is 2.19. The molecule has 3 rings (SSSR count). The predicted molar refractivity (Wildman–Crippen MR) is 82.9 cm³/mol. The summed E-state index contributed by atoms with van der Waals surface area (Å²) in [7, 11) is 0. The van der Waals surface area contributed by atoms with Crippen molar-refractivity contribution in [3.8, 4) is 22.6 Å². The smallest absolute Gasteiger partial charge is 0.230 e. The van der Waals surface area contributed by atoms with Gasteiger partial charge in [-0.2, -0.15) is 0 Å². The molecule has 2 N–H and O–H groups in total. The van der Waals surface area contributed by atoms with Crippen LogP contribution < -0.4 is 5.73 Å². The number of hydrogen-bond donors (Lipinski definition) is 1. The molecule has 4 heteroatoms. The van der Waals surface area contributed by atoms with Crippen LogP contribution in [0.15, 0.2) is 45.3 Å². The van der Waals surface area contributed by atoms with E-state index in [1.807, 2.05) is 31.2 Å². The van der Waals surface area contributed by atoms with Crippen LogP contribution >= 0.6 is 0 Å². The number of aromatic nitrogens is 1. The lowest BCUT2D eigenvalue weighted by atomic mass is 9.98. The molecule has 4 nitrogen and oxygen atoms in total. The molecule has 0 fully saturated rings. The van der Waals surface area contributed by atoms with E-state index in [0.717, 1.165) is 16.9 Å². The van der Waals surface area contributed by atoms with E-state index in [0.29, 0.717) is 23.3 Å². The van der Waals surface area contributed by atoms with Gasteiger partial charge in [0, 0.05) is 0 Å². The van der Waals surface area contributed by atoms with Gasteiger partial charge in [0.2, 0.25) is 5.88 Å². The van der Waals surface area contributed by atoms with Crippen LogP contribution in [0.25, 0.3) is 22.6 Å². The molecule has 0 aliphatic heterocycles. The topological polar surface area (TPSA) is 65.2 Å². The number of rotatable bonds is 3. The van der Waals surface area contributed by atoms with E-state index in [4.69, 9.17) is 14.7 Å². The van der Waals surface area contributed by atoms with Crippen molar-refractivity contribution in [2.75, 3.05) is 5.73 Å². The zero-order valence-electron chi connectivity index (χ0n) is 12.4. The molecule has 21 heavy (non-hydrogen) atoms. The van der Waals surface area contributed by atoms with Crippen LogP contribution in [0, 0.1) is 6.92 Å². The molecular formula is C17H18N2O2. The van der Waals surface area contributed by atoms with E-state index in [1.165, 1.54) is 5.56 Å². The number of hydrogen-bond acceptors (Lipinski definition) is 4. The Morgan fingerprint density at radius 1 is 1.05 bits per heavy atom. The molecule has 1 aromatic carbocycles. The maximum absolute atomic E-state index is 5.94. The molecule has 0 amide bonds. The summed E-state index contributed by atoms with van der Waals surface area (Å²) in [4.78, 5) is 0. The Morgan fingerprint density at radius 3 is 2.33 bits per heavy atom. The van der Waals surface area contributed by atoms with Gasteiger partial charge in [0.25, 0.3) is 0 Å². The zero-order chi connectivity index (χ0) is 15.0. The van der Waals surface area contributed by atoms with Crippen molar-refractivity contribution >= 4 is 5.88 Å². The van der Waals surface area contributed by atoms with E-state index >= 15 is 0 Å². The lowest BCUT2D eigenvalue weighted by molar-refractivity contribution is 0.435. The molecule has 0 atom stereocenters. The molecular weight excluding hydrogens is 264 g/mol. The minimum Gasteiger partial charge on any atom is -0.460 e. The summed E-state index contributed by atoms with van der Waals surface area (Å²) < 4.78 is 10.8. The maximum Gasteiger partial charge on any atom is 0.230 e. The van der Waals surface area contributed by atoms with Crippen LogP contribution in [0.5, 0.6) is 0 Å². The summed E-state index contributed by atoms with van der Waals surface area (Å²) in [6, 6.07) is 12.0. The van der Waals surface area contributed by atoms with Gasteiger partial charge in [-0.05, 0) is 36.1 Å². The highest BCUT2D eigenvalue weighted by atomic mass is 16.5. The Morgan fingerprint density at radius 2 is 1.76 bits per heavy atom. The van der Waals surface area contributed by atoms with E-state index in [1.54, 1.807) is 0 Å². The van der Waals surface area contributed by atoms with Gasteiger partial charge < -0.3 is 14.7 Å². The first kappa shape index (κ1) is 13.5. The third-order valence-electron chi connectivity index (χ3n) is 3.56. The highest BCUT2D eigenvalue weighted by molar-refractivity contribution is 5.85. The van der Waals surface area contributed by atoms with E-state index < -0.39 is 0 Å². The second-order valence-corrected chi connectivity index (χ2v) is 5.46. The fourth-order valence-corrected chi connectivity index (χ4v) is 2.35. The number of benzene rings is 1. The van der Waals surface area contributed by atoms with Crippen molar-refractivity contribution in [2.45, 2.75) is 26.7 Å². The number of furan rings is 1. The lowest BCUT2D eigenvalue weighted by Gasteiger charge is -2.06. The molecule has 108 valence electrons. The van der Waals surface area contributed by atoms with Crippen LogP contribution in [0.2, 0.25) is 0 Å². The van der Waals surface area contributed by atoms with Crippen molar-refractivity contribution in [1.29, 1.82) is 0 Å². The van der Waals surface area contributed by atoms with Gasteiger partial charge in [-0.3, -0.25) is 0 Å². The molecule has 0 radical (unpaired) electrons. The molecule has 0 saturated carbocycles. The second kappa shape index (κ2) is 5.13. The van der Waals surface area contributed by atoms with Gasteiger partial charge in [-0.1, -0.05) is 43.3 Å². The van der Waals surface area contributed by atoms with Crippen molar-refractivity contribution in [3.05, 3.63) is 47.7 Å². The normalized spacial score (nSPS) is 11.2. The van der Waals surface area contributed by atoms with Crippen LogP contribution in [-0.2, 0) is 0 Å². The molecule has 2 heterocycles. The van der Waals surface area contributed by atoms with Crippen LogP contribution in [0.4, 0.5) is 5.88 Å². The van der Waals surface area contributed by atoms with Gasteiger partial charge in [0.15, 0.2) is 11.5 Å². The van der Waals surface area contributed by atoms with E-state index in [2.05, 4.69) is 31.1 Å². The molecule has 0 aliphatic carbocycles. The van der Waals surface area contributed by atoms with E-state index in [9.17, 15) is 0 Å². The van der Waals surface area contributed by atoms with Crippen molar-refractivity contribution in [2.24, 2.45) is 0 Å². The Bertz CT molecular complexity index is 751. The SMILES string of the molecule is Cc1ccc(-c2noc(N)c2-c2ccc(C(C)C)cc2)o1.